The molecular formula is C15H20BrN5O3S2. The molecule has 0 unspecified atom stereocenters. The smallest absolute Gasteiger partial charge is 0.238 e. The van der Waals surface area contributed by atoms with Gasteiger partial charge in [-0.1, -0.05) is 0 Å². The quantitative estimate of drug-likeness (QED) is 0.446. The highest BCUT2D eigenvalue weighted by Gasteiger charge is 2.12. The molecule has 0 radical (unpaired) electrons. The third-order valence-corrected chi connectivity index (χ3v) is 5.57. The van der Waals surface area contributed by atoms with E-state index in [1.165, 1.54) is 12.1 Å². The molecular weight excluding hydrogens is 442 g/mol. The van der Waals surface area contributed by atoms with E-state index in [2.05, 4.69) is 36.5 Å². The van der Waals surface area contributed by atoms with Gasteiger partial charge >= 0.3 is 0 Å². The van der Waals surface area contributed by atoms with Gasteiger partial charge in [0, 0.05) is 11.9 Å². The molecule has 11 heteroatoms. The number of nitrogens with two attached hydrogens (primary N) is 1. The van der Waals surface area contributed by atoms with E-state index in [-0.39, 0.29) is 17.5 Å². The van der Waals surface area contributed by atoms with Crippen LogP contribution >= 0.6 is 27.7 Å². The number of hydrogen-bond donors (Lipinski definition) is 4. The van der Waals surface area contributed by atoms with Gasteiger partial charge in [0.2, 0.25) is 16.0 Å². The average Bonchev–Trinajstić information content (AvgIpc) is 2.61. The molecule has 1 heterocycles. The number of aliphatic hydroxyl groups is 1. The Morgan fingerprint density at radius 2 is 2.04 bits per heavy atom. The van der Waals surface area contributed by atoms with Gasteiger partial charge in [0.15, 0.2) is 0 Å². The molecule has 0 spiro atoms. The Balaban J connectivity index is 2.13. The SMILES string of the molecule is CSCC[C@@H](CO)Nc1nc(Nc2ccc(S(N)(=O)=O)cc2)ncc1Br. The Morgan fingerprint density at radius 1 is 1.35 bits per heavy atom. The first-order chi connectivity index (χ1) is 12.3. The highest BCUT2D eigenvalue weighted by molar-refractivity contribution is 9.10. The van der Waals surface area contributed by atoms with Crippen molar-refractivity contribution in [3.05, 3.63) is 34.9 Å². The molecule has 1 aromatic carbocycles. The van der Waals surface area contributed by atoms with Crippen molar-refractivity contribution < 1.29 is 13.5 Å². The van der Waals surface area contributed by atoms with E-state index in [9.17, 15) is 13.5 Å². The van der Waals surface area contributed by atoms with Crippen LogP contribution in [0.5, 0.6) is 0 Å². The van der Waals surface area contributed by atoms with E-state index < -0.39 is 10.0 Å². The number of thioether (sulfide) groups is 1. The molecule has 0 aliphatic heterocycles. The van der Waals surface area contributed by atoms with Gasteiger partial charge in [-0.25, -0.2) is 18.5 Å². The highest BCUT2D eigenvalue weighted by atomic mass is 79.9. The fourth-order valence-electron chi connectivity index (χ4n) is 2.05. The standard InChI is InChI=1S/C15H20BrN5O3S2/c1-25-7-6-11(9-22)19-14-13(16)8-18-15(21-14)20-10-2-4-12(5-3-10)26(17,23)24/h2-5,8,11,22H,6-7,9H2,1H3,(H2,17,23,24)(H2,18,19,20,21)/t11-/m0/s1. The Kier molecular flexibility index (Phi) is 7.65. The number of primary sulfonamides is 1. The lowest BCUT2D eigenvalue weighted by molar-refractivity contribution is 0.272. The topological polar surface area (TPSA) is 130 Å². The summed E-state index contributed by atoms with van der Waals surface area (Å²) in [4.78, 5) is 8.60. The summed E-state index contributed by atoms with van der Waals surface area (Å²) in [5.41, 5.74) is 0.617. The van der Waals surface area contributed by atoms with Crippen molar-refractivity contribution in [3.63, 3.8) is 0 Å². The molecule has 0 saturated heterocycles. The second-order valence-electron chi connectivity index (χ2n) is 5.39. The molecule has 0 aliphatic carbocycles. The lowest BCUT2D eigenvalue weighted by Gasteiger charge is -2.17. The van der Waals surface area contributed by atoms with Crippen LogP contribution < -0.4 is 15.8 Å². The maximum absolute atomic E-state index is 11.3. The van der Waals surface area contributed by atoms with Gasteiger partial charge in [0.25, 0.3) is 0 Å². The lowest BCUT2D eigenvalue weighted by atomic mass is 10.2. The molecule has 1 atom stereocenters. The minimum Gasteiger partial charge on any atom is -0.394 e. The summed E-state index contributed by atoms with van der Waals surface area (Å²) >= 11 is 5.10. The van der Waals surface area contributed by atoms with Crippen LogP contribution in [0.3, 0.4) is 0 Å². The number of hydrogen-bond acceptors (Lipinski definition) is 8. The molecule has 0 saturated carbocycles. The zero-order chi connectivity index (χ0) is 19.2. The Bertz CT molecular complexity index is 834. The molecule has 8 nitrogen and oxygen atoms in total. The van der Waals surface area contributed by atoms with E-state index in [1.807, 2.05) is 6.26 Å². The van der Waals surface area contributed by atoms with Crippen LogP contribution in [-0.2, 0) is 10.0 Å². The zero-order valence-electron chi connectivity index (χ0n) is 14.0. The third-order valence-electron chi connectivity index (χ3n) is 3.41. The highest BCUT2D eigenvalue weighted by Crippen LogP contribution is 2.23. The number of anilines is 3. The van der Waals surface area contributed by atoms with E-state index in [1.54, 1.807) is 30.1 Å². The van der Waals surface area contributed by atoms with Gasteiger partial charge < -0.3 is 15.7 Å². The summed E-state index contributed by atoms with van der Waals surface area (Å²) in [6, 6.07) is 5.84. The van der Waals surface area contributed by atoms with Gasteiger partial charge in [-0.05, 0) is 58.6 Å². The summed E-state index contributed by atoms with van der Waals surface area (Å²) in [5.74, 6) is 1.81. The van der Waals surface area contributed by atoms with E-state index in [4.69, 9.17) is 5.14 Å². The van der Waals surface area contributed by atoms with Gasteiger partial charge in [-0.15, -0.1) is 0 Å². The molecule has 26 heavy (non-hydrogen) atoms. The van der Waals surface area contributed by atoms with Crippen LogP contribution in [0.25, 0.3) is 0 Å². The Hall–Kier alpha value is -1.40. The van der Waals surface area contributed by atoms with Crippen molar-refractivity contribution in [2.45, 2.75) is 17.4 Å². The number of nitrogens with zero attached hydrogens (tertiary/aromatic N) is 2. The van der Waals surface area contributed by atoms with Crippen LogP contribution in [0.15, 0.2) is 39.8 Å². The van der Waals surface area contributed by atoms with Crippen LogP contribution in [0, 0.1) is 0 Å². The number of nitrogens with one attached hydrogen (secondary N) is 2. The first kappa shape index (κ1) is 20.9. The summed E-state index contributed by atoms with van der Waals surface area (Å²) in [5, 5.41) is 20.8. The van der Waals surface area contributed by atoms with Crippen LogP contribution in [0.2, 0.25) is 0 Å². The number of benzene rings is 1. The first-order valence-electron chi connectivity index (χ1n) is 7.62. The summed E-state index contributed by atoms with van der Waals surface area (Å²) in [7, 11) is -3.73. The van der Waals surface area contributed by atoms with Crippen molar-refractivity contribution >= 4 is 55.2 Å². The maximum atomic E-state index is 11.3. The lowest BCUT2D eigenvalue weighted by Crippen LogP contribution is -2.25. The summed E-state index contributed by atoms with van der Waals surface area (Å²) in [6.45, 7) is -0.00517. The monoisotopic (exact) mass is 461 g/mol. The van der Waals surface area contributed by atoms with E-state index in [0.717, 1.165) is 12.2 Å². The number of halogens is 1. The molecule has 5 N–H and O–H groups in total. The van der Waals surface area contributed by atoms with Crippen molar-refractivity contribution in [1.82, 2.24) is 9.97 Å². The first-order valence-corrected chi connectivity index (χ1v) is 11.4. The van der Waals surface area contributed by atoms with E-state index in [0.29, 0.717) is 21.9 Å². The normalized spacial score (nSPS) is 12.6. The maximum Gasteiger partial charge on any atom is 0.238 e. The van der Waals surface area contributed by atoms with Crippen molar-refractivity contribution in [2.75, 3.05) is 29.2 Å². The van der Waals surface area contributed by atoms with Gasteiger partial charge in [-0.3, -0.25) is 0 Å². The van der Waals surface area contributed by atoms with Crippen molar-refractivity contribution in [1.29, 1.82) is 0 Å². The van der Waals surface area contributed by atoms with Crippen LogP contribution in [0.1, 0.15) is 6.42 Å². The van der Waals surface area contributed by atoms with Gasteiger partial charge in [0.1, 0.15) is 5.82 Å². The van der Waals surface area contributed by atoms with Gasteiger partial charge in [-0.2, -0.15) is 16.7 Å². The van der Waals surface area contributed by atoms with Crippen molar-refractivity contribution in [2.24, 2.45) is 5.14 Å². The predicted octanol–water partition coefficient (Wildman–Crippen LogP) is 2.16. The fourth-order valence-corrected chi connectivity index (χ4v) is 3.39. The number of sulfonamides is 1. The van der Waals surface area contributed by atoms with Gasteiger partial charge in [0.05, 0.1) is 22.0 Å². The minimum absolute atomic E-state index is 0.00517. The second kappa shape index (κ2) is 9.51. The number of aromatic nitrogens is 2. The molecule has 0 amide bonds. The molecule has 2 aromatic rings. The Labute approximate surface area is 165 Å². The molecule has 0 bridgehead atoms. The third kappa shape index (κ3) is 6.09. The van der Waals surface area contributed by atoms with Crippen LogP contribution in [0.4, 0.5) is 17.5 Å². The second-order valence-corrected chi connectivity index (χ2v) is 8.79. The molecule has 0 fully saturated rings. The number of rotatable bonds is 9. The van der Waals surface area contributed by atoms with E-state index >= 15 is 0 Å². The largest absolute Gasteiger partial charge is 0.394 e. The van der Waals surface area contributed by atoms with Crippen LogP contribution in [-0.4, -0.2) is 48.1 Å². The van der Waals surface area contributed by atoms with Crippen molar-refractivity contribution in [3.8, 4) is 0 Å². The molecule has 0 aliphatic rings. The minimum atomic E-state index is -3.73. The molecule has 2 rings (SSSR count). The summed E-state index contributed by atoms with van der Waals surface area (Å²) in [6.07, 6.45) is 4.41. The Morgan fingerprint density at radius 3 is 2.62 bits per heavy atom. The fraction of sp³-hybridized carbons (Fsp3) is 0.333. The summed E-state index contributed by atoms with van der Waals surface area (Å²) < 4.78 is 23.3. The number of aliphatic hydroxyl groups excluding tert-OH is 1. The zero-order valence-corrected chi connectivity index (χ0v) is 17.2. The predicted molar refractivity (Wildman–Crippen MR) is 108 cm³/mol. The average molecular weight is 462 g/mol. The molecule has 1 aromatic heterocycles. The molecule has 142 valence electrons.